The quantitative estimate of drug-likeness (QED) is 0.214. The van der Waals surface area contributed by atoms with Gasteiger partial charge in [-0.25, -0.2) is 4.79 Å². The third-order valence-electron chi connectivity index (χ3n) is 5.28. The van der Waals surface area contributed by atoms with Crippen molar-refractivity contribution in [1.82, 2.24) is 20.9 Å². The molecule has 34 heavy (non-hydrogen) atoms. The van der Waals surface area contributed by atoms with Crippen LogP contribution in [0.4, 0.5) is 0 Å². The normalized spacial score (nSPS) is 14.8. The van der Waals surface area contributed by atoms with E-state index in [0.29, 0.717) is 0 Å². The summed E-state index contributed by atoms with van der Waals surface area (Å²) in [6, 6.07) is 3.46. The maximum Gasteiger partial charge on any atom is 0.326 e. The lowest BCUT2D eigenvalue weighted by Gasteiger charge is -2.24. The summed E-state index contributed by atoms with van der Waals surface area (Å²) in [6.07, 6.45) is 2.09. The molecule has 10 nitrogen and oxygen atoms in total. The highest BCUT2D eigenvalue weighted by molar-refractivity contribution is 7.80. The van der Waals surface area contributed by atoms with E-state index in [9.17, 15) is 24.3 Å². The van der Waals surface area contributed by atoms with Crippen LogP contribution in [0.1, 0.15) is 32.8 Å². The Balaban J connectivity index is 2.28. The van der Waals surface area contributed by atoms with E-state index < -0.39 is 47.9 Å². The van der Waals surface area contributed by atoms with E-state index in [1.54, 1.807) is 6.20 Å². The number of thiol groups is 1. The second-order valence-corrected chi connectivity index (χ2v) is 9.05. The Morgan fingerprint density at radius 1 is 0.971 bits per heavy atom. The van der Waals surface area contributed by atoms with Gasteiger partial charge < -0.3 is 31.8 Å². The molecule has 0 fully saturated rings. The fourth-order valence-electron chi connectivity index (χ4n) is 3.46. The van der Waals surface area contributed by atoms with E-state index in [1.807, 2.05) is 38.1 Å². The molecule has 0 spiro atoms. The maximum atomic E-state index is 13.2. The molecule has 0 radical (unpaired) electrons. The van der Waals surface area contributed by atoms with Gasteiger partial charge >= 0.3 is 5.97 Å². The predicted molar refractivity (Wildman–Crippen MR) is 132 cm³/mol. The SMILES string of the molecule is CC(C)CC(NC(=O)C(Cc1c[nH]c2ccccc12)NC(=O)C(CS)NC(=O)C(C)N)C(=O)O. The largest absolute Gasteiger partial charge is 0.480 e. The Bertz CT molecular complexity index is 1020. The van der Waals surface area contributed by atoms with Crippen LogP contribution in [0.25, 0.3) is 10.9 Å². The summed E-state index contributed by atoms with van der Waals surface area (Å²) in [6.45, 7) is 5.19. The van der Waals surface area contributed by atoms with Crippen LogP contribution in [0.15, 0.2) is 30.5 Å². The minimum atomic E-state index is -1.16. The van der Waals surface area contributed by atoms with Crippen molar-refractivity contribution in [3.63, 3.8) is 0 Å². The Kier molecular flexibility index (Phi) is 9.94. The number of carbonyl (C=O) groups is 4. The molecule has 7 N–H and O–H groups in total. The molecular weight excluding hydrogens is 458 g/mol. The molecule has 0 saturated heterocycles. The van der Waals surface area contributed by atoms with Crippen LogP contribution < -0.4 is 21.7 Å². The zero-order valence-electron chi connectivity index (χ0n) is 19.5. The van der Waals surface area contributed by atoms with Crippen molar-refractivity contribution < 1.29 is 24.3 Å². The highest BCUT2D eigenvalue weighted by Crippen LogP contribution is 2.19. The molecule has 4 unspecified atom stereocenters. The zero-order chi connectivity index (χ0) is 25.4. The van der Waals surface area contributed by atoms with Gasteiger partial charge in [-0.3, -0.25) is 14.4 Å². The fraction of sp³-hybridized carbons (Fsp3) is 0.478. The Hall–Kier alpha value is -3.05. The minimum Gasteiger partial charge on any atom is -0.480 e. The molecule has 11 heteroatoms. The van der Waals surface area contributed by atoms with Crippen molar-refractivity contribution >= 4 is 47.2 Å². The third-order valence-corrected chi connectivity index (χ3v) is 5.65. The molecule has 1 heterocycles. The third kappa shape index (κ3) is 7.49. The van der Waals surface area contributed by atoms with Gasteiger partial charge in [0.2, 0.25) is 17.7 Å². The van der Waals surface area contributed by atoms with E-state index in [-0.39, 0.29) is 24.5 Å². The summed E-state index contributed by atoms with van der Waals surface area (Å²) in [5.74, 6) is -2.93. The van der Waals surface area contributed by atoms with Gasteiger partial charge in [0.25, 0.3) is 0 Å². The minimum absolute atomic E-state index is 0.0170. The first kappa shape index (κ1) is 27.2. The lowest BCUT2D eigenvalue weighted by molar-refractivity contribution is -0.142. The van der Waals surface area contributed by atoms with Crippen molar-refractivity contribution in [3.8, 4) is 0 Å². The zero-order valence-corrected chi connectivity index (χ0v) is 20.4. The van der Waals surface area contributed by atoms with Crippen molar-refractivity contribution in [1.29, 1.82) is 0 Å². The number of aliphatic carboxylic acids is 1. The molecule has 0 saturated carbocycles. The first-order valence-electron chi connectivity index (χ1n) is 11.1. The van der Waals surface area contributed by atoms with Crippen molar-refractivity contribution in [2.45, 2.75) is 57.8 Å². The number of carboxylic acids is 1. The molecule has 4 atom stereocenters. The van der Waals surface area contributed by atoms with Crippen LogP contribution in [-0.4, -0.2) is 63.7 Å². The standard InChI is InChI=1S/C23H33N5O5S/c1-12(2)8-18(23(32)33)27-21(30)17(9-14-10-25-16-7-5-4-6-15(14)16)26-22(31)19(11-34)28-20(29)13(3)24/h4-7,10,12-13,17-19,25,34H,8-9,11,24H2,1-3H3,(H,26,31)(H,27,30)(H,28,29)(H,32,33). The molecule has 1 aromatic carbocycles. The van der Waals surface area contributed by atoms with Gasteiger partial charge in [-0.05, 0) is 30.9 Å². The molecule has 0 aliphatic rings. The van der Waals surface area contributed by atoms with E-state index in [4.69, 9.17) is 5.73 Å². The molecule has 0 aliphatic carbocycles. The Morgan fingerprint density at radius 2 is 1.56 bits per heavy atom. The number of benzene rings is 1. The van der Waals surface area contributed by atoms with Gasteiger partial charge in [0.05, 0.1) is 6.04 Å². The van der Waals surface area contributed by atoms with Crippen LogP contribution >= 0.6 is 12.6 Å². The lowest BCUT2D eigenvalue weighted by atomic mass is 10.0. The van der Waals surface area contributed by atoms with Crippen LogP contribution in [0.2, 0.25) is 0 Å². The summed E-state index contributed by atoms with van der Waals surface area (Å²) < 4.78 is 0. The maximum absolute atomic E-state index is 13.2. The first-order valence-corrected chi connectivity index (χ1v) is 11.7. The molecule has 1 aromatic heterocycles. The van der Waals surface area contributed by atoms with E-state index in [1.165, 1.54) is 6.92 Å². The number of carboxylic acid groups (broad SMARTS) is 1. The number of hydrogen-bond acceptors (Lipinski definition) is 6. The number of para-hydroxylation sites is 1. The Labute approximate surface area is 203 Å². The van der Waals surface area contributed by atoms with Gasteiger partial charge in [-0.15, -0.1) is 0 Å². The molecule has 2 aromatic rings. The lowest BCUT2D eigenvalue weighted by Crippen LogP contribution is -2.58. The van der Waals surface area contributed by atoms with Crippen molar-refractivity contribution in [3.05, 3.63) is 36.0 Å². The first-order chi connectivity index (χ1) is 16.0. The number of fused-ring (bicyclic) bond motifs is 1. The van der Waals surface area contributed by atoms with Crippen molar-refractivity contribution in [2.24, 2.45) is 11.7 Å². The highest BCUT2D eigenvalue weighted by Gasteiger charge is 2.30. The van der Waals surface area contributed by atoms with Crippen LogP contribution in [0, 0.1) is 5.92 Å². The highest BCUT2D eigenvalue weighted by atomic mass is 32.1. The summed E-state index contributed by atoms with van der Waals surface area (Å²) in [5, 5.41) is 18.1. The molecule has 2 rings (SSSR count). The summed E-state index contributed by atoms with van der Waals surface area (Å²) >= 11 is 4.13. The summed E-state index contributed by atoms with van der Waals surface area (Å²) in [4.78, 5) is 52.8. The van der Waals surface area contributed by atoms with E-state index in [0.717, 1.165) is 16.5 Å². The average Bonchev–Trinajstić information content (AvgIpc) is 3.18. The average molecular weight is 492 g/mol. The molecule has 186 valence electrons. The monoisotopic (exact) mass is 491 g/mol. The number of rotatable bonds is 12. The molecular formula is C23H33N5O5S. The number of nitrogens with one attached hydrogen (secondary N) is 4. The second-order valence-electron chi connectivity index (χ2n) is 8.69. The Morgan fingerprint density at radius 3 is 2.15 bits per heavy atom. The summed E-state index contributed by atoms with van der Waals surface area (Å²) in [5.41, 5.74) is 7.20. The smallest absolute Gasteiger partial charge is 0.326 e. The number of aromatic amines is 1. The van der Waals surface area contributed by atoms with Gasteiger partial charge in [-0.2, -0.15) is 12.6 Å². The molecule has 3 amide bonds. The molecule has 0 aliphatic heterocycles. The van der Waals surface area contributed by atoms with Gasteiger partial charge in [-0.1, -0.05) is 32.0 Å². The van der Waals surface area contributed by atoms with Crippen LogP contribution in [0.3, 0.4) is 0 Å². The van der Waals surface area contributed by atoms with E-state index >= 15 is 0 Å². The van der Waals surface area contributed by atoms with Crippen LogP contribution in [0.5, 0.6) is 0 Å². The number of H-pyrrole nitrogens is 1. The number of aromatic nitrogens is 1. The summed E-state index contributed by atoms with van der Waals surface area (Å²) in [7, 11) is 0. The molecule has 0 bridgehead atoms. The number of carbonyl (C=O) groups excluding carboxylic acids is 3. The predicted octanol–water partition coefficient (Wildman–Crippen LogP) is 0.573. The number of nitrogens with two attached hydrogens (primary N) is 1. The fourth-order valence-corrected chi connectivity index (χ4v) is 3.72. The van der Waals surface area contributed by atoms with Gasteiger partial charge in [0.1, 0.15) is 18.1 Å². The second kappa shape index (κ2) is 12.4. The van der Waals surface area contributed by atoms with Crippen molar-refractivity contribution in [2.75, 3.05) is 5.75 Å². The number of hydrogen-bond donors (Lipinski definition) is 7. The van der Waals surface area contributed by atoms with Gasteiger partial charge in [0.15, 0.2) is 0 Å². The van der Waals surface area contributed by atoms with Crippen LogP contribution in [-0.2, 0) is 25.6 Å². The van der Waals surface area contributed by atoms with Gasteiger partial charge in [0, 0.05) is 29.3 Å². The topological polar surface area (TPSA) is 166 Å². The van der Waals surface area contributed by atoms with E-state index in [2.05, 4.69) is 33.6 Å². The number of amides is 3.